The molecule has 1 heterocycles. The molecule has 0 aliphatic carbocycles. The first-order valence-electron chi connectivity index (χ1n) is 9.37. The van der Waals surface area contributed by atoms with Crippen molar-refractivity contribution < 1.29 is 22.9 Å². The number of piperazine rings is 1. The van der Waals surface area contributed by atoms with Crippen LogP contribution in [0.25, 0.3) is 0 Å². The van der Waals surface area contributed by atoms with Crippen LogP contribution in [0.2, 0.25) is 0 Å². The number of amides is 1. The Labute approximate surface area is 171 Å². The predicted molar refractivity (Wildman–Crippen MR) is 106 cm³/mol. The predicted octanol–water partition coefficient (Wildman–Crippen LogP) is 3.76. The zero-order valence-corrected chi connectivity index (χ0v) is 16.2. The highest BCUT2D eigenvalue weighted by molar-refractivity contribution is 5.94. The lowest BCUT2D eigenvalue weighted by molar-refractivity contribution is -0.384. The largest absolute Gasteiger partial charge is 0.416 e. The molecular weight excluding hydrogens is 401 g/mol. The Bertz CT molecular complexity index is 928. The number of anilines is 2. The van der Waals surface area contributed by atoms with Gasteiger partial charge in [0.2, 0.25) is 5.91 Å². The fourth-order valence-corrected chi connectivity index (χ4v) is 3.36. The number of rotatable bonds is 5. The molecule has 1 saturated heterocycles. The van der Waals surface area contributed by atoms with Gasteiger partial charge in [0, 0.05) is 49.7 Å². The van der Waals surface area contributed by atoms with Crippen molar-refractivity contribution in [2.45, 2.75) is 19.1 Å². The van der Waals surface area contributed by atoms with E-state index in [0.29, 0.717) is 37.6 Å². The van der Waals surface area contributed by atoms with Crippen LogP contribution in [0.1, 0.15) is 12.5 Å². The highest BCUT2D eigenvalue weighted by Gasteiger charge is 2.31. The summed E-state index contributed by atoms with van der Waals surface area (Å²) in [6, 6.07) is 10.4. The maximum atomic E-state index is 12.9. The Kier molecular flexibility index (Phi) is 6.25. The Morgan fingerprint density at radius 3 is 2.40 bits per heavy atom. The molecule has 0 bridgehead atoms. The lowest BCUT2D eigenvalue weighted by atomic mass is 10.1. The van der Waals surface area contributed by atoms with E-state index < -0.39 is 22.7 Å². The van der Waals surface area contributed by atoms with Crippen molar-refractivity contribution in [2.24, 2.45) is 0 Å². The molecule has 0 saturated carbocycles. The standard InChI is InChI=1S/C20H21F3N4O3/c1-14(19(28)24-16-5-3-7-18(13-16)27(29)30)25-8-10-26(11-9-25)17-6-2-4-15(12-17)20(21,22)23/h2-7,12-14H,8-11H2,1H3,(H,24,28)/t14-/m0/s1. The van der Waals surface area contributed by atoms with Crippen LogP contribution in [0.3, 0.4) is 0 Å². The molecule has 1 aliphatic rings. The Balaban J connectivity index is 1.59. The van der Waals surface area contributed by atoms with Crippen molar-refractivity contribution in [1.29, 1.82) is 0 Å². The zero-order chi connectivity index (χ0) is 21.9. The molecule has 0 radical (unpaired) electrons. The third-order valence-corrected chi connectivity index (χ3v) is 5.10. The van der Waals surface area contributed by atoms with Crippen molar-refractivity contribution in [3.8, 4) is 0 Å². The quantitative estimate of drug-likeness (QED) is 0.586. The van der Waals surface area contributed by atoms with Crippen molar-refractivity contribution in [1.82, 2.24) is 4.90 Å². The fourth-order valence-electron chi connectivity index (χ4n) is 3.36. The molecule has 10 heteroatoms. The molecule has 1 atom stereocenters. The van der Waals surface area contributed by atoms with Crippen LogP contribution in [0.4, 0.5) is 30.2 Å². The monoisotopic (exact) mass is 422 g/mol. The SMILES string of the molecule is C[C@@H](C(=O)Nc1cccc([N+](=O)[O-])c1)N1CCN(c2cccc(C(F)(F)F)c2)CC1. The molecule has 1 aliphatic heterocycles. The van der Waals surface area contributed by atoms with Gasteiger partial charge in [-0.05, 0) is 31.2 Å². The van der Waals surface area contributed by atoms with Crippen LogP contribution >= 0.6 is 0 Å². The number of non-ortho nitro benzene ring substituents is 1. The molecule has 0 spiro atoms. The molecule has 0 unspecified atom stereocenters. The highest BCUT2D eigenvalue weighted by atomic mass is 19.4. The van der Waals surface area contributed by atoms with E-state index in [1.54, 1.807) is 19.1 Å². The number of nitrogens with one attached hydrogen (secondary N) is 1. The summed E-state index contributed by atoms with van der Waals surface area (Å²) >= 11 is 0. The Morgan fingerprint density at radius 1 is 1.10 bits per heavy atom. The second-order valence-corrected chi connectivity index (χ2v) is 7.04. The number of hydrogen-bond donors (Lipinski definition) is 1. The first-order valence-corrected chi connectivity index (χ1v) is 9.37. The average Bonchev–Trinajstić information content (AvgIpc) is 2.73. The van der Waals surface area contributed by atoms with Crippen LogP contribution in [-0.4, -0.2) is 48.0 Å². The van der Waals surface area contributed by atoms with Gasteiger partial charge in [-0.1, -0.05) is 12.1 Å². The van der Waals surface area contributed by atoms with E-state index in [1.165, 1.54) is 24.3 Å². The minimum atomic E-state index is -4.39. The van der Waals surface area contributed by atoms with Crippen molar-refractivity contribution in [2.75, 3.05) is 36.4 Å². The van der Waals surface area contributed by atoms with Gasteiger partial charge in [0.25, 0.3) is 5.69 Å². The third-order valence-electron chi connectivity index (χ3n) is 5.10. The summed E-state index contributed by atoms with van der Waals surface area (Å²) in [4.78, 5) is 26.6. The van der Waals surface area contributed by atoms with E-state index in [2.05, 4.69) is 5.32 Å². The number of nitro groups is 1. The van der Waals surface area contributed by atoms with Gasteiger partial charge in [-0.2, -0.15) is 13.2 Å². The number of nitro benzene ring substituents is 1. The van der Waals surface area contributed by atoms with Gasteiger partial charge < -0.3 is 10.2 Å². The second kappa shape index (κ2) is 8.70. The molecule has 2 aromatic carbocycles. The van der Waals surface area contributed by atoms with Gasteiger partial charge in [0.05, 0.1) is 16.5 Å². The summed E-state index contributed by atoms with van der Waals surface area (Å²) in [7, 11) is 0. The third kappa shape index (κ3) is 5.07. The van der Waals surface area contributed by atoms with Gasteiger partial charge in [0.15, 0.2) is 0 Å². The number of hydrogen-bond acceptors (Lipinski definition) is 5. The number of carbonyl (C=O) groups is 1. The first-order chi connectivity index (χ1) is 14.1. The van der Waals surface area contributed by atoms with E-state index in [9.17, 15) is 28.1 Å². The lowest BCUT2D eigenvalue weighted by Crippen LogP contribution is -2.52. The van der Waals surface area contributed by atoms with E-state index in [4.69, 9.17) is 0 Å². The van der Waals surface area contributed by atoms with Gasteiger partial charge in [-0.25, -0.2) is 0 Å². The van der Waals surface area contributed by atoms with E-state index in [1.807, 2.05) is 9.80 Å². The maximum Gasteiger partial charge on any atom is 0.416 e. The summed E-state index contributed by atoms with van der Waals surface area (Å²) in [6.45, 7) is 3.69. The molecule has 3 rings (SSSR count). The van der Waals surface area contributed by atoms with Gasteiger partial charge in [-0.15, -0.1) is 0 Å². The lowest BCUT2D eigenvalue weighted by Gasteiger charge is -2.38. The topological polar surface area (TPSA) is 78.7 Å². The van der Waals surface area contributed by atoms with Crippen LogP contribution in [0, 0.1) is 10.1 Å². The summed E-state index contributed by atoms with van der Waals surface area (Å²) in [5, 5.41) is 13.5. The molecular formula is C20H21F3N4O3. The van der Waals surface area contributed by atoms with Crippen molar-refractivity contribution in [3.05, 3.63) is 64.2 Å². The summed E-state index contributed by atoms with van der Waals surface area (Å²) in [6.07, 6.45) is -4.39. The minimum absolute atomic E-state index is 0.116. The van der Waals surface area contributed by atoms with Gasteiger partial charge >= 0.3 is 6.18 Å². The average molecular weight is 422 g/mol. The minimum Gasteiger partial charge on any atom is -0.369 e. The van der Waals surface area contributed by atoms with Crippen LogP contribution in [0.15, 0.2) is 48.5 Å². The number of nitrogens with zero attached hydrogens (tertiary/aromatic N) is 3. The molecule has 30 heavy (non-hydrogen) atoms. The normalized spacial score (nSPS) is 16.2. The molecule has 0 aromatic heterocycles. The first kappa shape index (κ1) is 21.6. The maximum absolute atomic E-state index is 12.9. The molecule has 1 N–H and O–H groups in total. The molecule has 1 amide bonds. The molecule has 2 aromatic rings. The molecule has 160 valence electrons. The number of alkyl halides is 3. The fraction of sp³-hybridized carbons (Fsp3) is 0.350. The van der Waals surface area contributed by atoms with Gasteiger partial charge in [0.1, 0.15) is 0 Å². The molecule has 1 fully saturated rings. The van der Waals surface area contributed by atoms with Crippen LogP contribution in [-0.2, 0) is 11.0 Å². The Hall–Kier alpha value is -3.14. The van der Waals surface area contributed by atoms with E-state index in [-0.39, 0.29) is 11.6 Å². The second-order valence-electron chi connectivity index (χ2n) is 7.04. The van der Waals surface area contributed by atoms with Crippen molar-refractivity contribution >= 4 is 23.0 Å². The Morgan fingerprint density at radius 2 is 1.77 bits per heavy atom. The van der Waals surface area contributed by atoms with Crippen LogP contribution in [0.5, 0.6) is 0 Å². The van der Waals surface area contributed by atoms with Crippen molar-refractivity contribution in [3.63, 3.8) is 0 Å². The number of carbonyl (C=O) groups excluding carboxylic acids is 1. The van der Waals surface area contributed by atoms with Gasteiger partial charge in [-0.3, -0.25) is 19.8 Å². The summed E-state index contributed by atoms with van der Waals surface area (Å²) in [5.41, 5.74) is 0.0316. The summed E-state index contributed by atoms with van der Waals surface area (Å²) < 4.78 is 38.8. The summed E-state index contributed by atoms with van der Waals surface area (Å²) in [5.74, 6) is -0.303. The van der Waals surface area contributed by atoms with E-state index in [0.717, 1.165) is 12.1 Å². The zero-order valence-electron chi connectivity index (χ0n) is 16.2. The number of benzene rings is 2. The number of halogens is 3. The van der Waals surface area contributed by atoms with E-state index >= 15 is 0 Å². The smallest absolute Gasteiger partial charge is 0.369 e. The molecule has 7 nitrogen and oxygen atoms in total. The highest BCUT2D eigenvalue weighted by Crippen LogP contribution is 2.32. The van der Waals surface area contributed by atoms with Crippen LogP contribution < -0.4 is 10.2 Å².